The first kappa shape index (κ1) is 14.5. The van der Waals surface area contributed by atoms with Crippen LogP contribution in [0, 0.1) is 17.8 Å². The average Bonchev–Trinajstić information content (AvgIpc) is 3.47. The van der Waals surface area contributed by atoms with Gasteiger partial charge in [-0.2, -0.15) is 0 Å². The van der Waals surface area contributed by atoms with Gasteiger partial charge in [0.15, 0.2) is 5.60 Å². The Morgan fingerprint density at radius 3 is 2.39 bits per heavy atom. The van der Waals surface area contributed by atoms with Gasteiger partial charge in [0.05, 0.1) is 5.92 Å². The van der Waals surface area contributed by atoms with E-state index >= 15 is 0 Å². The van der Waals surface area contributed by atoms with Gasteiger partial charge in [-0.25, -0.2) is 0 Å². The molecule has 5 nitrogen and oxygen atoms in total. The van der Waals surface area contributed by atoms with Crippen LogP contribution in [0.25, 0.3) is 0 Å². The maximum atomic E-state index is 12.9. The number of carbonyl (C=O) groups is 2. The molecule has 122 valence electrons. The van der Waals surface area contributed by atoms with Crippen molar-refractivity contribution in [2.45, 2.75) is 31.3 Å². The molecule has 5 heteroatoms. The second-order valence-corrected chi connectivity index (χ2v) is 7.07. The molecule has 2 atom stereocenters. The van der Waals surface area contributed by atoms with Crippen LogP contribution in [0.4, 0.5) is 0 Å². The van der Waals surface area contributed by atoms with Crippen molar-refractivity contribution >= 4 is 11.9 Å². The largest absolute Gasteiger partial charge is 0.481 e. The van der Waals surface area contributed by atoms with Gasteiger partial charge in [0.1, 0.15) is 5.75 Å². The molecule has 1 aromatic rings. The van der Waals surface area contributed by atoms with Crippen molar-refractivity contribution in [3.63, 3.8) is 0 Å². The van der Waals surface area contributed by atoms with E-state index in [1.165, 1.54) is 0 Å². The number of ether oxygens (including phenoxy) is 1. The standard InChI is InChI=1S/C18H21NO4/c20-16(21)15-11-19(10-14(15)12-6-7-12)17(22)18(8-9-18)23-13-4-2-1-3-5-13/h1-5,12,14-15H,6-11H2,(H,20,21)/t14-,15+/m1/s1. The number of rotatable bonds is 5. The van der Waals surface area contributed by atoms with Crippen LogP contribution in [-0.2, 0) is 9.59 Å². The molecule has 1 amide bonds. The molecule has 4 rings (SSSR count). The number of amides is 1. The number of hydrogen-bond acceptors (Lipinski definition) is 3. The van der Waals surface area contributed by atoms with Crippen LogP contribution in [0.5, 0.6) is 5.75 Å². The summed E-state index contributed by atoms with van der Waals surface area (Å²) in [6, 6.07) is 9.38. The average molecular weight is 315 g/mol. The van der Waals surface area contributed by atoms with Gasteiger partial charge in [-0.05, 0) is 36.8 Å². The van der Waals surface area contributed by atoms with Crippen molar-refractivity contribution in [2.24, 2.45) is 17.8 Å². The normalized spacial score (nSPS) is 28.4. The van der Waals surface area contributed by atoms with Gasteiger partial charge in [0.2, 0.25) is 0 Å². The first-order valence-corrected chi connectivity index (χ1v) is 8.35. The fourth-order valence-corrected chi connectivity index (χ4v) is 3.73. The third-order valence-corrected chi connectivity index (χ3v) is 5.35. The lowest BCUT2D eigenvalue weighted by atomic mass is 9.92. The van der Waals surface area contributed by atoms with E-state index in [1.54, 1.807) is 4.90 Å². The van der Waals surface area contributed by atoms with Gasteiger partial charge in [-0.15, -0.1) is 0 Å². The Morgan fingerprint density at radius 2 is 1.83 bits per heavy atom. The van der Waals surface area contributed by atoms with E-state index in [1.807, 2.05) is 30.3 Å². The van der Waals surface area contributed by atoms with Gasteiger partial charge in [-0.1, -0.05) is 18.2 Å². The second-order valence-electron chi connectivity index (χ2n) is 7.07. The van der Waals surface area contributed by atoms with Crippen LogP contribution < -0.4 is 4.74 Å². The van der Waals surface area contributed by atoms with Crippen LogP contribution in [-0.4, -0.2) is 40.6 Å². The van der Waals surface area contributed by atoms with Crippen molar-refractivity contribution in [3.8, 4) is 5.75 Å². The molecule has 0 unspecified atom stereocenters. The van der Waals surface area contributed by atoms with Gasteiger partial charge in [-0.3, -0.25) is 9.59 Å². The minimum atomic E-state index is -0.772. The summed E-state index contributed by atoms with van der Waals surface area (Å²) in [5, 5.41) is 9.44. The Labute approximate surface area is 135 Å². The highest BCUT2D eigenvalue weighted by Gasteiger charge is 2.57. The van der Waals surface area contributed by atoms with Crippen LogP contribution in [0.15, 0.2) is 30.3 Å². The summed E-state index contributed by atoms with van der Waals surface area (Å²) in [6.45, 7) is 0.898. The molecule has 1 saturated heterocycles. The molecule has 1 N–H and O–H groups in total. The third kappa shape index (κ3) is 2.69. The third-order valence-electron chi connectivity index (χ3n) is 5.35. The van der Waals surface area contributed by atoms with E-state index in [-0.39, 0.29) is 11.8 Å². The number of benzene rings is 1. The molecule has 1 aliphatic heterocycles. The summed E-state index contributed by atoms with van der Waals surface area (Å²) < 4.78 is 5.96. The molecule has 3 fully saturated rings. The second kappa shape index (κ2) is 5.25. The summed E-state index contributed by atoms with van der Waals surface area (Å²) in [6.07, 6.45) is 3.62. The minimum Gasteiger partial charge on any atom is -0.481 e. The van der Waals surface area contributed by atoms with Crippen molar-refractivity contribution in [1.82, 2.24) is 4.90 Å². The maximum absolute atomic E-state index is 12.9. The first-order chi connectivity index (χ1) is 11.1. The van der Waals surface area contributed by atoms with Crippen LogP contribution in [0.3, 0.4) is 0 Å². The molecule has 0 radical (unpaired) electrons. The van der Waals surface area contributed by atoms with E-state index in [0.717, 1.165) is 12.8 Å². The summed E-state index contributed by atoms with van der Waals surface area (Å²) in [7, 11) is 0. The Kier molecular flexibility index (Phi) is 3.32. The van der Waals surface area contributed by atoms with Crippen LogP contribution >= 0.6 is 0 Å². The highest BCUT2D eigenvalue weighted by molar-refractivity contribution is 5.89. The topological polar surface area (TPSA) is 66.8 Å². The van der Waals surface area contributed by atoms with Gasteiger partial charge >= 0.3 is 5.97 Å². The molecule has 2 saturated carbocycles. The molecular weight excluding hydrogens is 294 g/mol. The quantitative estimate of drug-likeness (QED) is 0.904. The molecule has 23 heavy (non-hydrogen) atoms. The number of likely N-dealkylation sites (tertiary alicyclic amines) is 1. The molecule has 0 spiro atoms. The Hall–Kier alpha value is -2.04. The van der Waals surface area contributed by atoms with Crippen molar-refractivity contribution < 1.29 is 19.4 Å². The predicted octanol–water partition coefficient (Wildman–Crippen LogP) is 2.17. The molecular formula is C18H21NO4. The maximum Gasteiger partial charge on any atom is 0.308 e. The van der Waals surface area contributed by atoms with Crippen molar-refractivity contribution in [1.29, 1.82) is 0 Å². The van der Waals surface area contributed by atoms with Gasteiger partial charge in [0.25, 0.3) is 5.91 Å². The number of para-hydroxylation sites is 1. The Balaban J connectivity index is 1.47. The number of aliphatic carboxylic acids is 1. The summed E-state index contributed by atoms with van der Waals surface area (Å²) in [5.74, 6) is 0.0786. The molecule has 3 aliphatic rings. The Bertz CT molecular complexity index is 621. The lowest BCUT2D eigenvalue weighted by Crippen LogP contribution is -2.43. The molecule has 0 aromatic heterocycles. The lowest BCUT2D eigenvalue weighted by Gasteiger charge is -2.24. The summed E-state index contributed by atoms with van der Waals surface area (Å²) in [4.78, 5) is 26.1. The minimum absolute atomic E-state index is 0.0317. The number of carboxylic acid groups (broad SMARTS) is 1. The number of hydrogen-bond donors (Lipinski definition) is 1. The zero-order chi connectivity index (χ0) is 16.0. The molecule has 1 heterocycles. The fourth-order valence-electron chi connectivity index (χ4n) is 3.73. The summed E-state index contributed by atoms with van der Waals surface area (Å²) >= 11 is 0. The Morgan fingerprint density at radius 1 is 1.13 bits per heavy atom. The van der Waals surface area contributed by atoms with Gasteiger partial charge in [0, 0.05) is 25.9 Å². The number of nitrogens with zero attached hydrogens (tertiary/aromatic N) is 1. The zero-order valence-corrected chi connectivity index (χ0v) is 13.0. The van der Waals surface area contributed by atoms with E-state index in [2.05, 4.69) is 0 Å². The number of carboxylic acids is 1. The molecule has 1 aromatic carbocycles. The monoisotopic (exact) mass is 315 g/mol. The van der Waals surface area contributed by atoms with E-state index in [4.69, 9.17) is 4.74 Å². The first-order valence-electron chi connectivity index (χ1n) is 8.35. The van der Waals surface area contributed by atoms with Crippen LogP contribution in [0.2, 0.25) is 0 Å². The van der Waals surface area contributed by atoms with Crippen LogP contribution in [0.1, 0.15) is 25.7 Å². The highest BCUT2D eigenvalue weighted by atomic mass is 16.5. The van der Waals surface area contributed by atoms with Crippen molar-refractivity contribution in [2.75, 3.05) is 13.1 Å². The molecule has 2 aliphatic carbocycles. The smallest absolute Gasteiger partial charge is 0.308 e. The molecule has 0 bridgehead atoms. The van der Waals surface area contributed by atoms with Gasteiger partial charge < -0.3 is 14.7 Å². The van der Waals surface area contributed by atoms with E-state index in [0.29, 0.717) is 37.6 Å². The lowest BCUT2D eigenvalue weighted by molar-refractivity contribution is -0.143. The van der Waals surface area contributed by atoms with Crippen molar-refractivity contribution in [3.05, 3.63) is 30.3 Å². The van der Waals surface area contributed by atoms with E-state index in [9.17, 15) is 14.7 Å². The number of carbonyl (C=O) groups excluding carboxylic acids is 1. The van der Waals surface area contributed by atoms with E-state index < -0.39 is 17.5 Å². The highest BCUT2D eigenvalue weighted by Crippen LogP contribution is 2.47. The summed E-state index contributed by atoms with van der Waals surface area (Å²) in [5.41, 5.74) is -0.761. The predicted molar refractivity (Wildman–Crippen MR) is 83.0 cm³/mol. The zero-order valence-electron chi connectivity index (χ0n) is 13.0. The SMILES string of the molecule is O=C(O)[C@H]1CN(C(=O)C2(Oc3ccccc3)CC2)C[C@@H]1C1CC1. The fraction of sp³-hybridized carbons (Fsp3) is 0.556.